The number of nitrogens with one attached hydrogen (secondary N) is 1. The van der Waals surface area contributed by atoms with E-state index < -0.39 is 5.92 Å². The fourth-order valence-corrected chi connectivity index (χ4v) is 4.62. The molecular formula is C25H29F2N5O. The third-order valence-electron chi connectivity index (χ3n) is 6.36. The van der Waals surface area contributed by atoms with E-state index in [1.54, 1.807) is 29.2 Å². The van der Waals surface area contributed by atoms with Crippen LogP contribution >= 0.6 is 0 Å². The van der Waals surface area contributed by atoms with Crippen molar-refractivity contribution >= 4 is 27.6 Å². The molecule has 0 saturated heterocycles. The van der Waals surface area contributed by atoms with Gasteiger partial charge in [0, 0.05) is 36.3 Å². The maximum Gasteiger partial charge on any atom is 0.329 e. The summed E-state index contributed by atoms with van der Waals surface area (Å²) < 4.78 is 31.5. The van der Waals surface area contributed by atoms with Gasteiger partial charge in [0.05, 0.1) is 22.8 Å². The molecule has 6 nitrogen and oxygen atoms in total. The Morgan fingerprint density at radius 2 is 1.70 bits per heavy atom. The summed E-state index contributed by atoms with van der Waals surface area (Å²) in [7, 11) is 1.76. The lowest BCUT2D eigenvalue weighted by Gasteiger charge is -2.22. The molecule has 4 rings (SSSR count). The molecule has 0 radical (unpaired) electrons. The van der Waals surface area contributed by atoms with Gasteiger partial charge in [-0.25, -0.2) is 13.6 Å². The van der Waals surface area contributed by atoms with Crippen molar-refractivity contribution in [3.8, 4) is 0 Å². The monoisotopic (exact) mass is 453 g/mol. The minimum atomic E-state index is -2.92. The minimum Gasteiger partial charge on any atom is -0.362 e. The zero-order valence-electron chi connectivity index (χ0n) is 20.0. The lowest BCUT2D eigenvalue weighted by molar-refractivity contribution is 0.0167. The predicted molar refractivity (Wildman–Crippen MR) is 128 cm³/mol. The number of nitrogens with zero attached hydrogens (tertiary/aromatic N) is 4. The summed E-state index contributed by atoms with van der Waals surface area (Å²) in [6.45, 7) is 10.4. The second-order valence-electron chi connectivity index (χ2n) is 9.10. The van der Waals surface area contributed by atoms with E-state index in [0.29, 0.717) is 11.4 Å². The van der Waals surface area contributed by atoms with Gasteiger partial charge in [0.15, 0.2) is 5.82 Å². The number of rotatable bonds is 5. The van der Waals surface area contributed by atoms with Crippen LogP contribution in [0, 0.1) is 13.8 Å². The van der Waals surface area contributed by atoms with Crippen molar-refractivity contribution in [2.24, 2.45) is 7.05 Å². The van der Waals surface area contributed by atoms with Crippen LogP contribution in [-0.2, 0) is 13.0 Å². The summed E-state index contributed by atoms with van der Waals surface area (Å²) in [6, 6.07) is 8.60. The lowest BCUT2D eigenvalue weighted by atomic mass is 9.94. The maximum absolute atomic E-state index is 14.1. The number of hydrogen-bond donors (Lipinski definition) is 1. The van der Waals surface area contributed by atoms with Crippen LogP contribution in [0.25, 0.3) is 21.8 Å². The predicted octanol–water partition coefficient (Wildman–Crippen LogP) is 5.77. The normalized spacial score (nSPS) is 13.3. The molecule has 0 unspecified atom stereocenters. The average molecular weight is 454 g/mol. The van der Waals surface area contributed by atoms with Crippen LogP contribution in [0.1, 0.15) is 62.2 Å². The SMILES string of the molecule is Cc1c([C@@H](C)Nc2nnc(C)c3cc4c(cc23)n(C(C)C)c(=O)n4C)cccc1C(C)(F)F. The molecule has 0 aliphatic heterocycles. The first kappa shape index (κ1) is 22.9. The van der Waals surface area contributed by atoms with Gasteiger partial charge < -0.3 is 5.32 Å². The molecule has 0 fully saturated rings. The molecule has 0 spiro atoms. The second kappa shape index (κ2) is 7.93. The molecule has 1 atom stereocenters. The van der Waals surface area contributed by atoms with Crippen LogP contribution in [-0.4, -0.2) is 19.3 Å². The molecule has 2 aromatic carbocycles. The third-order valence-corrected chi connectivity index (χ3v) is 6.36. The Morgan fingerprint density at radius 1 is 1.03 bits per heavy atom. The summed E-state index contributed by atoms with van der Waals surface area (Å²) in [5, 5.41) is 13.8. The van der Waals surface area contributed by atoms with Crippen LogP contribution in [0.3, 0.4) is 0 Å². The van der Waals surface area contributed by atoms with Crippen molar-refractivity contribution in [2.75, 3.05) is 5.32 Å². The molecule has 0 amide bonds. The first-order valence-electron chi connectivity index (χ1n) is 11.0. The third kappa shape index (κ3) is 3.77. The standard InChI is InChI=1S/C25H29F2N5O/c1-13(2)32-22-12-19-18(11-21(22)31(7)24(32)33)16(5)29-30-23(19)28-15(4)17-9-8-10-20(14(17)3)25(6,26)27/h8-13,15H,1-7H3,(H,28,30)/t15-/m1/s1. The Morgan fingerprint density at radius 3 is 2.33 bits per heavy atom. The second-order valence-corrected chi connectivity index (χ2v) is 9.10. The Balaban J connectivity index is 1.87. The molecule has 1 N–H and O–H groups in total. The van der Waals surface area contributed by atoms with Crippen molar-refractivity contribution < 1.29 is 8.78 Å². The Kier molecular flexibility index (Phi) is 5.50. The molecule has 4 aromatic rings. The highest BCUT2D eigenvalue weighted by Gasteiger charge is 2.28. The highest BCUT2D eigenvalue weighted by Crippen LogP contribution is 2.35. The van der Waals surface area contributed by atoms with Crippen molar-refractivity contribution in [3.05, 3.63) is 63.2 Å². The number of halogens is 2. The molecule has 2 aromatic heterocycles. The molecule has 174 valence electrons. The summed E-state index contributed by atoms with van der Waals surface area (Å²) >= 11 is 0. The minimum absolute atomic E-state index is 0.00835. The van der Waals surface area contributed by atoms with Gasteiger partial charge in [-0.3, -0.25) is 9.13 Å². The first-order chi connectivity index (χ1) is 15.4. The number of aryl methyl sites for hydroxylation is 2. The van der Waals surface area contributed by atoms with E-state index in [0.717, 1.165) is 40.0 Å². The molecule has 0 bridgehead atoms. The van der Waals surface area contributed by atoms with E-state index >= 15 is 0 Å². The molecular weight excluding hydrogens is 424 g/mol. The number of fused-ring (bicyclic) bond motifs is 2. The van der Waals surface area contributed by atoms with Crippen molar-refractivity contribution in [1.82, 2.24) is 19.3 Å². The van der Waals surface area contributed by atoms with E-state index in [9.17, 15) is 13.6 Å². The van der Waals surface area contributed by atoms with E-state index in [4.69, 9.17) is 0 Å². The average Bonchev–Trinajstić information content (AvgIpc) is 2.98. The number of alkyl halides is 2. The van der Waals surface area contributed by atoms with Crippen LogP contribution in [0.15, 0.2) is 35.1 Å². The highest BCUT2D eigenvalue weighted by atomic mass is 19.3. The molecule has 33 heavy (non-hydrogen) atoms. The van der Waals surface area contributed by atoms with Crippen LogP contribution < -0.4 is 11.0 Å². The maximum atomic E-state index is 14.1. The summed E-state index contributed by atoms with van der Waals surface area (Å²) in [5.74, 6) is -2.38. The number of anilines is 1. The summed E-state index contributed by atoms with van der Waals surface area (Å²) in [6.07, 6.45) is 0. The van der Waals surface area contributed by atoms with Crippen molar-refractivity contribution in [3.63, 3.8) is 0 Å². The van der Waals surface area contributed by atoms with Gasteiger partial charge in [0.1, 0.15) is 0 Å². The molecule has 8 heteroatoms. The van der Waals surface area contributed by atoms with Crippen molar-refractivity contribution in [2.45, 2.75) is 59.5 Å². The van der Waals surface area contributed by atoms with Crippen molar-refractivity contribution in [1.29, 1.82) is 0 Å². The van der Waals surface area contributed by atoms with Gasteiger partial charge in [0.2, 0.25) is 0 Å². The van der Waals surface area contributed by atoms with Gasteiger partial charge in [0.25, 0.3) is 5.92 Å². The lowest BCUT2D eigenvalue weighted by Crippen LogP contribution is -2.23. The number of benzene rings is 2. The van der Waals surface area contributed by atoms with Crippen LogP contribution in [0.4, 0.5) is 14.6 Å². The Bertz CT molecular complexity index is 1430. The smallest absolute Gasteiger partial charge is 0.329 e. The van der Waals surface area contributed by atoms with Crippen LogP contribution in [0.2, 0.25) is 0 Å². The molecule has 0 aliphatic carbocycles. The molecule has 2 heterocycles. The Labute approximate surface area is 191 Å². The van der Waals surface area contributed by atoms with Gasteiger partial charge >= 0.3 is 5.69 Å². The number of imidazole rings is 1. The van der Waals surface area contributed by atoms with E-state index in [1.165, 1.54) is 6.07 Å². The molecule has 0 saturated carbocycles. The zero-order chi connectivity index (χ0) is 24.2. The quantitative estimate of drug-likeness (QED) is 0.417. The largest absolute Gasteiger partial charge is 0.362 e. The van der Waals surface area contributed by atoms with Gasteiger partial charge in [-0.15, -0.1) is 5.10 Å². The van der Waals surface area contributed by atoms with Crippen LogP contribution in [0.5, 0.6) is 0 Å². The molecule has 0 aliphatic rings. The number of aromatic nitrogens is 4. The van der Waals surface area contributed by atoms with Gasteiger partial charge in [-0.2, -0.15) is 5.10 Å². The van der Waals surface area contributed by atoms with E-state index in [-0.39, 0.29) is 23.3 Å². The summed E-state index contributed by atoms with van der Waals surface area (Å²) in [5.41, 5.74) is 3.64. The van der Waals surface area contributed by atoms with E-state index in [1.807, 2.05) is 45.9 Å². The fraction of sp³-hybridized carbons (Fsp3) is 0.400. The topological polar surface area (TPSA) is 64.7 Å². The van der Waals surface area contributed by atoms with Gasteiger partial charge in [-0.1, -0.05) is 18.2 Å². The zero-order valence-corrected chi connectivity index (χ0v) is 20.0. The summed E-state index contributed by atoms with van der Waals surface area (Å²) in [4.78, 5) is 12.8. The fourth-order valence-electron chi connectivity index (χ4n) is 4.62. The Hall–Kier alpha value is -3.29. The number of hydrogen-bond acceptors (Lipinski definition) is 4. The first-order valence-corrected chi connectivity index (χ1v) is 11.0. The van der Waals surface area contributed by atoms with E-state index in [2.05, 4.69) is 15.5 Å². The van der Waals surface area contributed by atoms with Gasteiger partial charge in [-0.05, 0) is 57.9 Å². The highest BCUT2D eigenvalue weighted by molar-refractivity contribution is 6.01.